The highest BCUT2D eigenvalue weighted by Gasteiger charge is 2.31. The van der Waals surface area contributed by atoms with Crippen LogP contribution in [0.3, 0.4) is 0 Å². The standard InChI is InChI=1S/C49H24F3N7/c1-28-16-33(21-34(17-28)49(50,51)52)32-7-11-38(48(22-32)59-45-14-8-35(56-2)23-41(45)42-24-36(57-3)9-15-46(42)59)37-10-4-31(27-55)20-47(37)58-43-12-5-29(25-53)18-39(43)40-19-30(26-54)6-13-44(40)58/h4-24H,1H3. The minimum Gasteiger partial charge on any atom is -0.309 e. The molecule has 9 rings (SSSR count). The number of aromatic nitrogens is 2. The summed E-state index contributed by atoms with van der Waals surface area (Å²) in [6.07, 6.45) is -4.57. The maximum Gasteiger partial charge on any atom is 0.416 e. The van der Waals surface area contributed by atoms with Crippen molar-refractivity contribution in [2.45, 2.75) is 13.1 Å². The van der Waals surface area contributed by atoms with Gasteiger partial charge in [-0.1, -0.05) is 36.4 Å². The average molecular weight is 768 g/mol. The van der Waals surface area contributed by atoms with Gasteiger partial charge in [-0.25, -0.2) is 9.69 Å². The number of nitriles is 3. The quantitative estimate of drug-likeness (QED) is 0.167. The van der Waals surface area contributed by atoms with Crippen LogP contribution in [0.5, 0.6) is 0 Å². The van der Waals surface area contributed by atoms with Crippen molar-refractivity contribution in [1.29, 1.82) is 15.8 Å². The Morgan fingerprint density at radius 2 is 0.932 bits per heavy atom. The van der Waals surface area contributed by atoms with Gasteiger partial charge in [0.25, 0.3) is 0 Å². The lowest BCUT2D eigenvalue weighted by molar-refractivity contribution is -0.137. The first-order chi connectivity index (χ1) is 28.5. The van der Waals surface area contributed by atoms with E-state index in [9.17, 15) is 29.0 Å². The molecule has 276 valence electrons. The topological polar surface area (TPSA) is 89.9 Å². The Bertz CT molecular complexity index is 3370. The minimum absolute atomic E-state index is 0.362. The SMILES string of the molecule is [C-]#[N+]c1ccc2c(c1)c1cc([N+]#[C-])ccc1n2-c1cc(-c2cc(C)cc(C(F)(F)F)c2)ccc1-c1ccc(C#N)cc1-n1c2ccc(C#N)cc2c2cc(C#N)ccc21. The lowest BCUT2D eigenvalue weighted by Gasteiger charge is -2.20. The largest absolute Gasteiger partial charge is 0.416 e. The molecule has 2 aromatic heterocycles. The third-order valence-corrected chi connectivity index (χ3v) is 10.6. The van der Waals surface area contributed by atoms with Crippen LogP contribution in [-0.2, 0) is 6.18 Å². The molecule has 9 aromatic rings. The lowest BCUT2D eigenvalue weighted by atomic mass is 9.94. The predicted octanol–water partition coefficient (Wildman–Crippen LogP) is 13.3. The van der Waals surface area contributed by atoms with Crippen molar-refractivity contribution in [3.63, 3.8) is 0 Å². The van der Waals surface area contributed by atoms with Crippen LogP contribution in [-0.4, -0.2) is 9.13 Å². The number of hydrogen-bond acceptors (Lipinski definition) is 3. The Morgan fingerprint density at radius 1 is 0.492 bits per heavy atom. The Kier molecular flexibility index (Phi) is 8.27. The molecule has 0 N–H and O–H groups in total. The van der Waals surface area contributed by atoms with Crippen molar-refractivity contribution in [1.82, 2.24) is 9.13 Å². The van der Waals surface area contributed by atoms with E-state index in [0.717, 1.165) is 33.9 Å². The zero-order valence-corrected chi connectivity index (χ0v) is 30.9. The van der Waals surface area contributed by atoms with E-state index >= 15 is 0 Å². The van der Waals surface area contributed by atoms with Gasteiger partial charge in [-0.3, -0.25) is 0 Å². The molecule has 0 saturated carbocycles. The summed E-state index contributed by atoms with van der Waals surface area (Å²) in [5.74, 6) is 0. The fraction of sp³-hybridized carbons (Fsp3) is 0.0408. The first-order valence-electron chi connectivity index (χ1n) is 18.1. The second-order valence-electron chi connectivity index (χ2n) is 14.1. The highest BCUT2D eigenvalue weighted by Crippen LogP contribution is 2.44. The van der Waals surface area contributed by atoms with Crippen LogP contribution in [0.1, 0.15) is 27.8 Å². The van der Waals surface area contributed by atoms with Crippen LogP contribution in [0.25, 0.3) is 86.9 Å². The van der Waals surface area contributed by atoms with Gasteiger partial charge in [0.1, 0.15) is 0 Å². The molecule has 7 nitrogen and oxygen atoms in total. The fourth-order valence-corrected chi connectivity index (χ4v) is 8.07. The third kappa shape index (κ3) is 5.87. The zero-order chi connectivity index (χ0) is 41.2. The van der Waals surface area contributed by atoms with Crippen molar-refractivity contribution >= 4 is 55.0 Å². The summed E-state index contributed by atoms with van der Waals surface area (Å²) in [7, 11) is 0. The van der Waals surface area contributed by atoms with E-state index in [4.69, 9.17) is 13.1 Å². The Labute approximate surface area is 335 Å². The number of alkyl halides is 3. The number of halogens is 3. The van der Waals surface area contributed by atoms with E-state index in [2.05, 4.69) is 27.9 Å². The molecule has 59 heavy (non-hydrogen) atoms. The molecule has 0 atom stereocenters. The van der Waals surface area contributed by atoms with Crippen molar-refractivity contribution in [3.05, 3.63) is 178 Å². The van der Waals surface area contributed by atoms with E-state index in [-0.39, 0.29) is 0 Å². The Hall–Kier alpha value is -8.62. The summed E-state index contributed by atoms with van der Waals surface area (Å²) in [6.45, 7) is 17.1. The maximum atomic E-state index is 14.2. The molecule has 0 aliphatic rings. The molecule has 0 saturated heterocycles. The van der Waals surface area contributed by atoms with Gasteiger partial charge in [0.2, 0.25) is 0 Å². The van der Waals surface area contributed by atoms with Crippen LogP contribution < -0.4 is 0 Å². The van der Waals surface area contributed by atoms with Crippen LogP contribution >= 0.6 is 0 Å². The van der Waals surface area contributed by atoms with E-state index in [1.54, 1.807) is 79.7 Å². The molecule has 0 bridgehead atoms. The fourth-order valence-electron chi connectivity index (χ4n) is 8.07. The van der Waals surface area contributed by atoms with Crippen molar-refractivity contribution < 1.29 is 13.2 Å². The van der Waals surface area contributed by atoms with Gasteiger partial charge in [0.15, 0.2) is 11.4 Å². The van der Waals surface area contributed by atoms with Gasteiger partial charge in [0.05, 0.1) is 87.0 Å². The molecule has 0 aliphatic heterocycles. The summed E-state index contributed by atoms with van der Waals surface area (Å²) in [5, 5.41) is 32.8. The van der Waals surface area contributed by atoms with E-state index < -0.39 is 11.7 Å². The lowest BCUT2D eigenvalue weighted by Crippen LogP contribution is -2.05. The molecule has 10 heteroatoms. The second-order valence-corrected chi connectivity index (χ2v) is 14.1. The summed E-state index contributed by atoms with van der Waals surface area (Å²) in [5.41, 5.74) is 7.96. The summed E-state index contributed by atoms with van der Waals surface area (Å²) < 4.78 is 46.5. The van der Waals surface area contributed by atoms with Crippen LogP contribution in [0.15, 0.2) is 127 Å². The van der Waals surface area contributed by atoms with Crippen molar-refractivity contribution in [2.75, 3.05) is 0 Å². The number of aryl methyl sites for hydroxylation is 1. The molecule has 0 amide bonds. The van der Waals surface area contributed by atoms with Gasteiger partial charge in [0, 0.05) is 21.9 Å². The highest BCUT2D eigenvalue weighted by molar-refractivity contribution is 6.13. The molecular weight excluding hydrogens is 744 g/mol. The molecular formula is C49H24F3N7. The normalized spacial score (nSPS) is 11.3. The summed E-state index contributed by atoms with van der Waals surface area (Å²) in [6, 6.07) is 42.7. The monoisotopic (exact) mass is 767 g/mol. The van der Waals surface area contributed by atoms with Gasteiger partial charge < -0.3 is 9.13 Å². The smallest absolute Gasteiger partial charge is 0.309 e. The van der Waals surface area contributed by atoms with Crippen LogP contribution in [0.2, 0.25) is 0 Å². The van der Waals surface area contributed by atoms with E-state index in [1.807, 2.05) is 51.6 Å². The van der Waals surface area contributed by atoms with Gasteiger partial charge in [-0.05, 0) is 125 Å². The van der Waals surface area contributed by atoms with Gasteiger partial charge >= 0.3 is 6.18 Å². The van der Waals surface area contributed by atoms with Crippen LogP contribution in [0, 0.1) is 54.1 Å². The van der Waals surface area contributed by atoms with Gasteiger partial charge in [-0.2, -0.15) is 29.0 Å². The average Bonchev–Trinajstić information content (AvgIpc) is 3.76. The third-order valence-electron chi connectivity index (χ3n) is 10.6. The second kappa shape index (κ2) is 13.5. The van der Waals surface area contributed by atoms with E-state index in [1.165, 1.54) is 0 Å². The number of nitrogens with zero attached hydrogens (tertiary/aromatic N) is 7. The van der Waals surface area contributed by atoms with E-state index in [0.29, 0.717) is 89.1 Å². The Morgan fingerprint density at radius 3 is 1.42 bits per heavy atom. The first kappa shape index (κ1) is 36.0. The Balaban J connectivity index is 1.42. The van der Waals surface area contributed by atoms with Crippen molar-refractivity contribution in [2.24, 2.45) is 0 Å². The number of benzene rings is 7. The molecule has 0 spiro atoms. The molecule has 0 unspecified atom stereocenters. The minimum atomic E-state index is -4.57. The molecule has 0 radical (unpaired) electrons. The number of rotatable bonds is 4. The highest BCUT2D eigenvalue weighted by atomic mass is 19.4. The maximum absolute atomic E-state index is 14.2. The molecule has 2 heterocycles. The summed E-state index contributed by atoms with van der Waals surface area (Å²) in [4.78, 5) is 7.32. The van der Waals surface area contributed by atoms with Crippen molar-refractivity contribution in [3.8, 4) is 51.8 Å². The number of fused-ring (bicyclic) bond motifs is 6. The zero-order valence-electron chi connectivity index (χ0n) is 30.9. The first-order valence-corrected chi connectivity index (χ1v) is 18.1. The molecule has 7 aromatic carbocycles. The van der Waals surface area contributed by atoms with Crippen LogP contribution in [0.4, 0.5) is 24.5 Å². The molecule has 0 aliphatic carbocycles. The number of hydrogen-bond donors (Lipinski definition) is 0. The van der Waals surface area contributed by atoms with Gasteiger partial charge in [-0.15, -0.1) is 0 Å². The molecule has 0 fully saturated rings. The summed E-state index contributed by atoms with van der Waals surface area (Å²) >= 11 is 0. The predicted molar refractivity (Wildman–Crippen MR) is 222 cm³/mol.